The zero-order chi connectivity index (χ0) is 21.0. The van der Waals surface area contributed by atoms with Crippen LogP contribution in [-0.2, 0) is 14.5 Å². The van der Waals surface area contributed by atoms with Gasteiger partial charge in [0.15, 0.2) is 5.04 Å². The predicted octanol–water partition coefficient (Wildman–Crippen LogP) is 2.45. The van der Waals surface area contributed by atoms with Crippen molar-refractivity contribution in [3.63, 3.8) is 0 Å². The number of carbonyl (C=O) groups excluding carboxylic acids is 3. The molecular formula is C13H23N5O5S4. The molecule has 0 saturated carbocycles. The van der Waals surface area contributed by atoms with Crippen molar-refractivity contribution in [3.8, 4) is 0 Å². The lowest BCUT2D eigenvalue weighted by atomic mass is 10.6. The van der Waals surface area contributed by atoms with E-state index < -0.39 is 18.1 Å². The van der Waals surface area contributed by atoms with Crippen LogP contribution in [0.1, 0.15) is 6.92 Å². The van der Waals surface area contributed by atoms with Crippen molar-refractivity contribution in [2.24, 2.45) is 10.3 Å². The lowest BCUT2D eigenvalue weighted by molar-refractivity contribution is -0.121. The average molecular weight is 458 g/mol. The molecule has 0 radical (unpaired) electrons. The molecule has 0 aliphatic heterocycles. The number of thioether (sulfide) groups is 1. The molecule has 0 bridgehead atoms. The molecule has 0 aliphatic carbocycles. The molecule has 0 aliphatic rings. The van der Waals surface area contributed by atoms with Crippen LogP contribution in [0.4, 0.5) is 9.59 Å². The van der Waals surface area contributed by atoms with Gasteiger partial charge in [0.1, 0.15) is 5.04 Å². The van der Waals surface area contributed by atoms with Gasteiger partial charge < -0.3 is 4.90 Å². The van der Waals surface area contributed by atoms with Crippen LogP contribution >= 0.6 is 48.3 Å². The second kappa shape index (κ2) is 13.8. The fourth-order valence-electron chi connectivity index (χ4n) is 1.03. The zero-order valence-electron chi connectivity index (χ0n) is 15.9. The SMILES string of the molecule is CSC(C)=NOC(=O)N(C)SCCSN(C)C(=O)ON=C(S)C(=O)N(C)C. The monoisotopic (exact) mass is 457 g/mol. The topological polar surface area (TPSA) is 104 Å². The highest BCUT2D eigenvalue weighted by Crippen LogP contribution is 2.15. The van der Waals surface area contributed by atoms with Gasteiger partial charge in [0.2, 0.25) is 0 Å². The van der Waals surface area contributed by atoms with E-state index in [4.69, 9.17) is 4.84 Å². The Morgan fingerprint density at radius 3 is 1.78 bits per heavy atom. The van der Waals surface area contributed by atoms with Crippen molar-refractivity contribution >= 4 is 76.5 Å². The van der Waals surface area contributed by atoms with Crippen LogP contribution in [0.15, 0.2) is 10.3 Å². The van der Waals surface area contributed by atoms with E-state index in [1.54, 1.807) is 14.0 Å². The highest BCUT2D eigenvalue weighted by Gasteiger charge is 2.15. The molecule has 14 heteroatoms. The molecule has 0 rings (SSSR count). The first-order valence-electron chi connectivity index (χ1n) is 7.32. The second-order valence-corrected chi connectivity index (χ2v) is 8.66. The predicted molar refractivity (Wildman–Crippen MR) is 115 cm³/mol. The van der Waals surface area contributed by atoms with Crippen molar-refractivity contribution in [2.45, 2.75) is 6.92 Å². The summed E-state index contributed by atoms with van der Waals surface area (Å²) >= 11 is 7.62. The van der Waals surface area contributed by atoms with Crippen LogP contribution < -0.4 is 0 Å². The molecule has 0 unspecified atom stereocenters. The molecule has 0 spiro atoms. The van der Waals surface area contributed by atoms with E-state index >= 15 is 0 Å². The molecule has 0 N–H and O–H groups in total. The quantitative estimate of drug-likeness (QED) is 0.113. The molecule has 3 amide bonds. The van der Waals surface area contributed by atoms with E-state index in [1.807, 2.05) is 6.26 Å². The molecule has 0 aromatic rings. The molecule has 154 valence electrons. The highest BCUT2D eigenvalue weighted by atomic mass is 32.2. The lowest BCUT2D eigenvalue weighted by Gasteiger charge is -2.15. The normalized spacial score (nSPS) is 11.7. The number of hydrogen-bond donors (Lipinski definition) is 1. The van der Waals surface area contributed by atoms with Crippen LogP contribution in [0.3, 0.4) is 0 Å². The fraction of sp³-hybridized carbons (Fsp3) is 0.615. The maximum absolute atomic E-state index is 11.8. The van der Waals surface area contributed by atoms with Gasteiger partial charge in [-0.3, -0.25) is 23.1 Å². The van der Waals surface area contributed by atoms with Crippen molar-refractivity contribution in [3.05, 3.63) is 0 Å². The van der Waals surface area contributed by atoms with Gasteiger partial charge in [0.05, 0.1) is 0 Å². The molecule has 0 aromatic carbocycles. The number of oxime groups is 2. The summed E-state index contributed by atoms with van der Waals surface area (Å²) in [5.41, 5.74) is 0. The van der Waals surface area contributed by atoms with Crippen molar-refractivity contribution in [1.29, 1.82) is 0 Å². The Balaban J connectivity index is 4.16. The van der Waals surface area contributed by atoms with Crippen molar-refractivity contribution in [2.75, 3.05) is 46.0 Å². The average Bonchev–Trinajstić information content (AvgIpc) is 2.65. The molecule has 0 saturated heterocycles. The van der Waals surface area contributed by atoms with Crippen LogP contribution in [0.2, 0.25) is 0 Å². The number of rotatable bonds is 8. The minimum Gasteiger partial charge on any atom is -0.343 e. The van der Waals surface area contributed by atoms with Gasteiger partial charge in [0, 0.05) is 39.7 Å². The van der Waals surface area contributed by atoms with Gasteiger partial charge in [-0.15, -0.1) is 24.4 Å². The summed E-state index contributed by atoms with van der Waals surface area (Å²) in [6.45, 7) is 1.73. The number of thiol groups is 1. The number of carbonyl (C=O) groups is 3. The Morgan fingerprint density at radius 2 is 1.37 bits per heavy atom. The minimum atomic E-state index is -0.752. The largest absolute Gasteiger partial charge is 0.445 e. The Labute approximate surface area is 177 Å². The van der Waals surface area contributed by atoms with E-state index in [9.17, 15) is 14.4 Å². The summed E-state index contributed by atoms with van der Waals surface area (Å²) in [4.78, 5) is 45.6. The first-order chi connectivity index (χ1) is 12.6. The van der Waals surface area contributed by atoms with E-state index in [0.29, 0.717) is 16.5 Å². The molecule has 0 aromatic heterocycles. The van der Waals surface area contributed by atoms with Gasteiger partial charge in [-0.2, -0.15) is 0 Å². The van der Waals surface area contributed by atoms with E-state index in [1.165, 1.54) is 70.3 Å². The summed E-state index contributed by atoms with van der Waals surface area (Å²) in [6.07, 6.45) is 0.483. The van der Waals surface area contributed by atoms with Gasteiger partial charge in [-0.1, -0.05) is 10.3 Å². The lowest BCUT2D eigenvalue weighted by Crippen LogP contribution is -2.28. The van der Waals surface area contributed by atoms with E-state index in [2.05, 4.69) is 27.8 Å². The van der Waals surface area contributed by atoms with Crippen LogP contribution in [0, 0.1) is 0 Å². The van der Waals surface area contributed by atoms with Gasteiger partial charge in [0.25, 0.3) is 5.91 Å². The van der Waals surface area contributed by atoms with Crippen LogP contribution in [-0.4, -0.2) is 87.6 Å². The first-order valence-corrected chi connectivity index (χ1v) is 10.9. The molecular weight excluding hydrogens is 434 g/mol. The third-order valence-electron chi connectivity index (χ3n) is 2.52. The molecule has 0 heterocycles. The van der Waals surface area contributed by atoms with Gasteiger partial charge in [-0.25, -0.2) is 9.59 Å². The number of hydrogen-bond acceptors (Lipinski definition) is 10. The molecule has 0 fully saturated rings. The van der Waals surface area contributed by atoms with Crippen molar-refractivity contribution < 1.29 is 24.1 Å². The van der Waals surface area contributed by atoms with Crippen molar-refractivity contribution in [1.82, 2.24) is 13.5 Å². The Hall–Kier alpha value is -1.25. The van der Waals surface area contributed by atoms with E-state index in [-0.39, 0.29) is 5.04 Å². The zero-order valence-corrected chi connectivity index (χ0v) is 19.2. The maximum Gasteiger partial charge on any atom is 0.445 e. The summed E-state index contributed by atoms with van der Waals surface area (Å²) in [7, 11) is 6.11. The maximum atomic E-state index is 11.8. The Bertz CT molecular complexity index is 587. The van der Waals surface area contributed by atoms with Gasteiger partial charge in [-0.05, 0) is 37.1 Å². The highest BCUT2D eigenvalue weighted by molar-refractivity contribution is 8.13. The third-order valence-corrected chi connectivity index (χ3v) is 5.57. The Morgan fingerprint density at radius 1 is 0.926 bits per heavy atom. The summed E-state index contributed by atoms with van der Waals surface area (Å²) in [5, 5.41) is 7.44. The summed E-state index contributed by atoms with van der Waals surface area (Å²) in [6, 6.07) is 0. The number of nitrogens with zero attached hydrogens (tertiary/aromatic N) is 5. The van der Waals surface area contributed by atoms with Crippen LogP contribution in [0.25, 0.3) is 0 Å². The molecule has 10 nitrogen and oxygen atoms in total. The first kappa shape index (κ1) is 25.8. The van der Waals surface area contributed by atoms with Crippen LogP contribution in [0.5, 0.6) is 0 Å². The summed E-state index contributed by atoms with van der Waals surface area (Å²) in [5.74, 6) is 0.554. The Kier molecular flexibility index (Phi) is 13.2. The van der Waals surface area contributed by atoms with E-state index in [0.717, 1.165) is 0 Å². The molecule has 0 atom stereocenters. The second-order valence-electron chi connectivity index (χ2n) is 4.80. The fourth-order valence-corrected chi connectivity index (χ4v) is 2.80. The number of amides is 3. The molecule has 27 heavy (non-hydrogen) atoms. The summed E-state index contributed by atoms with van der Waals surface area (Å²) < 4.78 is 2.52. The smallest absolute Gasteiger partial charge is 0.343 e. The van der Waals surface area contributed by atoms with Gasteiger partial charge >= 0.3 is 12.2 Å². The third kappa shape index (κ3) is 11.2. The standard InChI is InChI=1S/C13H23N5O5S4/c1-9(25-6)14-22-12(20)17(4)26-7-8-27-18(5)13(21)23-15-10(24)11(19)16(2)3/h7-8H2,1-6H3,(H,15,24). The minimum absolute atomic E-state index is 0.234.